The van der Waals surface area contributed by atoms with Crippen molar-refractivity contribution in [3.63, 3.8) is 0 Å². The molecule has 0 fully saturated rings. The Morgan fingerprint density at radius 2 is 1.88 bits per heavy atom. The number of benzene rings is 2. The van der Waals surface area contributed by atoms with E-state index < -0.39 is 0 Å². The van der Waals surface area contributed by atoms with Crippen LogP contribution in [0.5, 0.6) is 5.75 Å². The molecule has 2 aromatic rings. The molecule has 1 aliphatic carbocycles. The van der Waals surface area contributed by atoms with Gasteiger partial charge in [0.15, 0.2) is 0 Å². The number of nitrogens with one attached hydrogen (secondary N) is 1. The first-order chi connectivity index (χ1) is 12.3. The van der Waals surface area contributed by atoms with Gasteiger partial charge in [0.05, 0.1) is 0 Å². The van der Waals surface area contributed by atoms with Crippen molar-refractivity contribution in [3.8, 4) is 5.75 Å². The largest absolute Gasteiger partial charge is 0.489 e. The van der Waals surface area contributed by atoms with Crippen molar-refractivity contribution in [2.75, 3.05) is 6.54 Å². The fourth-order valence-electron chi connectivity index (χ4n) is 3.33. The summed E-state index contributed by atoms with van der Waals surface area (Å²) in [4.78, 5) is 0. The summed E-state index contributed by atoms with van der Waals surface area (Å²) in [5.41, 5.74) is 5.39. The molecule has 3 rings (SSSR count). The average molecular weight is 335 g/mol. The Bertz CT molecular complexity index is 705. The Hall–Kier alpha value is -2.06. The first-order valence-electron chi connectivity index (χ1n) is 9.45. The van der Waals surface area contributed by atoms with E-state index in [0.717, 1.165) is 18.8 Å². The van der Waals surface area contributed by atoms with E-state index in [2.05, 4.69) is 60.8 Å². The number of rotatable bonds is 8. The van der Waals surface area contributed by atoms with Gasteiger partial charge in [-0.3, -0.25) is 0 Å². The highest BCUT2D eigenvalue weighted by atomic mass is 16.5. The molecule has 0 saturated heterocycles. The van der Waals surface area contributed by atoms with Crippen LogP contribution in [0.15, 0.2) is 60.2 Å². The molecule has 0 amide bonds. The van der Waals surface area contributed by atoms with Crippen molar-refractivity contribution >= 4 is 0 Å². The van der Waals surface area contributed by atoms with Crippen LogP contribution in [0.2, 0.25) is 0 Å². The normalized spacial score (nSPS) is 14.2. The van der Waals surface area contributed by atoms with Crippen LogP contribution in [0.4, 0.5) is 0 Å². The average Bonchev–Trinajstić information content (AvgIpc) is 2.65. The molecule has 1 aliphatic rings. The fraction of sp³-hybridized carbons (Fsp3) is 0.391. The Labute approximate surface area is 151 Å². The summed E-state index contributed by atoms with van der Waals surface area (Å²) in [6, 6.07) is 16.9. The van der Waals surface area contributed by atoms with Crippen LogP contribution >= 0.6 is 0 Å². The van der Waals surface area contributed by atoms with Gasteiger partial charge in [0.1, 0.15) is 12.4 Å². The smallest absolute Gasteiger partial charge is 0.120 e. The zero-order valence-corrected chi connectivity index (χ0v) is 15.3. The summed E-state index contributed by atoms with van der Waals surface area (Å²) >= 11 is 0. The summed E-state index contributed by atoms with van der Waals surface area (Å²) in [5, 5.41) is 3.56. The van der Waals surface area contributed by atoms with E-state index in [1.165, 1.54) is 48.8 Å². The van der Waals surface area contributed by atoms with Crippen LogP contribution in [0.1, 0.15) is 48.8 Å². The van der Waals surface area contributed by atoms with Crippen molar-refractivity contribution in [1.82, 2.24) is 5.32 Å². The lowest BCUT2D eigenvalue weighted by atomic mass is 9.97. The SMILES string of the molecule is Cc1cccc(COc2cccc(CNCCC3=CCCCC3)c2)c1. The topological polar surface area (TPSA) is 21.3 Å². The van der Waals surface area contributed by atoms with Crippen molar-refractivity contribution in [2.24, 2.45) is 0 Å². The van der Waals surface area contributed by atoms with Gasteiger partial charge < -0.3 is 10.1 Å². The highest BCUT2D eigenvalue weighted by Crippen LogP contribution is 2.19. The van der Waals surface area contributed by atoms with Gasteiger partial charge in [-0.25, -0.2) is 0 Å². The molecule has 0 heterocycles. The van der Waals surface area contributed by atoms with E-state index in [9.17, 15) is 0 Å². The molecule has 2 nitrogen and oxygen atoms in total. The van der Waals surface area contributed by atoms with Crippen LogP contribution < -0.4 is 10.1 Å². The molecular weight excluding hydrogens is 306 g/mol. The van der Waals surface area contributed by atoms with E-state index in [0.29, 0.717) is 6.61 Å². The van der Waals surface area contributed by atoms with Crippen LogP contribution in [-0.2, 0) is 13.2 Å². The Morgan fingerprint density at radius 1 is 1.00 bits per heavy atom. The summed E-state index contributed by atoms with van der Waals surface area (Å²) in [6.07, 6.45) is 8.92. The number of aryl methyl sites for hydroxylation is 1. The highest BCUT2D eigenvalue weighted by molar-refractivity contribution is 5.29. The lowest BCUT2D eigenvalue weighted by Crippen LogP contribution is -2.15. The van der Waals surface area contributed by atoms with Crippen LogP contribution in [0.25, 0.3) is 0 Å². The molecule has 0 atom stereocenters. The number of allylic oxidation sites excluding steroid dienone is 1. The molecule has 2 aromatic carbocycles. The van der Waals surface area contributed by atoms with Gasteiger partial charge in [-0.1, -0.05) is 53.6 Å². The molecular formula is C23H29NO. The van der Waals surface area contributed by atoms with E-state index in [4.69, 9.17) is 4.74 Å². The summed E-state index contributed by atoms with van der Waals surface area (Å²) < 4.78 is 5.95. The molecule has 0 radical (unpaired) electrons. The van der Waals surface area contributed by atoms with Gasteiger partial charge in [0.25, 0.3) is 0 Å². The molecule has 0 unspecified atom stereocenters. The maximum Gasteiger partial charge on any atom is 0.120 e. The Balaban J connectivity index is 1.43. The minimum Gasteiger partial charge on any atom is -0.489 e. The molecule has 0 aromatic heterocycles. The molecule has 25 heavy (non-hydrogen) atoms. The van der Waals surface area contributed by atoms with Crippen molar-refractivity contribution < 1.29 is 4.74 Å². The first kappa shape index (κ1) is 17.8. The number of hydrogen-bond donors (Lipinski definition) is 1. The lowest BCUT2D eigenvalue weighted by molar-refractivity contribution is 0.306. The van der Waals surface area contributed by atoms with Gasteiger partial charge in [-0.15, -0.1) is 0 Å². The highest BCUT2D eigenvalue weighted by Gasteiger charge is 2.03. The van der Waals surface area contributed by atoms with Gasteiger partial charge in [0, 0.05) is 6.54 Å². The predicted octanol–water partition coefficient (Wildman–Crippen LogP) is 5.55. The molecule has 0 spiro atoms. The quantitative estimate of drug-likeness (QED) is 0.504. The predicted molar refractivity (Wildman–Crippen MR) is 105 cm³/mol. The summed E-state index contributed by atoms with van der Waals surface area (Å²) in [6.45, 7) is 4.68. The molecule has 0 saturated carbocycles. The van der Waals surface area contributed by atoms with E-state index in [1.807, 2.05) is 6.07 Å². The van der Waals surface area contributed by atoms with Gasteiger partial charge in [0.2, 0.25) is 0 Å². The maximum absolute atomic E-state index is 5.95. The number of ether oxygens (including phenoxy) is 1. The fourth-order valence-corrected chi connectivity index (χ4v) is 3.33. The third kappa shape index (κ3) is 6.06. The standard InChI is InChI=1S/C23H29NO/c1-19-7-5-11-22(15-19)18-25-23-12-6-10-21(16-23)17-24-14-13-20-8-3-2-4-9-20/h5-8,10-12,15-16,24H,2-4,9,13-14,17-18H2,1H3. The minimum atomic E-state index is 0.618. The third-order valence-electron chi connectivity index (χ3n) is 4.72. The second-order valence-electron chi connectivity index (χ2n) is 6.96. The second kappa shape index (κ2) is 9.43. The Kier molecular flexibility index (Phi) is 6.70. The van der Waals surface area contributed by atoms with Crippen molar-refractivity contribution in [3.05, 3.63) is 76.9 Å². The second-order valence-corrected chi connectivity index (χ2v) is 6.96. The molecule has 0 bridgehead atoms. The van der Waals surface area contributed by atoms with Gasteiger partial charge in [-0.2, -0.15) is 0 Å². The van der Waals surface area contributed by atoms with Crippen LogP contribution in [0, 0.1) is 6.92 Å². The Morgan fingerprint density at radius 3 is 2.72 bits per heavy atom. The van der Waals surface area contributed by atoms with E-state index in [1.54, 1.807) is 5.57 Å². The molecule has 2 heteroatoms. The van der Waals surface area contributed by atoms with Crippen molar-refractivity contribution in [1.29, 1.82) is 0 Å². The lowest BCUT2D eigenvalue weighted by Gasteiger charge is -2.13. The van der Waals surface area contributed by atoms with Crippen LogP contribution in [-0.4, -0.2) is 6.54 Å². The zero-order valence-electron chi connectivity index (χ0n) is 15.3. The minimum absolute atomic E-state index is 0.618. The first-order valence-corrected chi connectivity index (χ1v) is 9.45. The van der Waals surface area contributed by atoms with Crippen LogP contribution in [0.3, 0.4) is 0 Å². The third-order valence-corrected chi connectivity index (χ3v) is 4.72. The van der Waals surface area contributed by atoms with Gasteiger partial charge in [-0.05, 0) is 68.8 Å². The maximum atomic E-state index is 5.95. The van der Waals surface area contributed by atoms with E-state index in [-0.39, 0.29) is 0 Å². The van der Waals surface area contributed by atoms with E-state index >= 15 is 0 Å². The molecule has 1 N–H and O–H groups in total. The number of hydrogen-bond acceptors (Lipinski definition) is 2. The molecule has 132 valence electrons. The van der Waals surface area contributed by atoms with Gasteiger partial charge >= 0.3 is 0 Å². The van der Waals surface area contributed by atoms with Crippen molar-refractivity contribution in [2.45, 2.75) is 52.2 Å². The summed E-state index contributed by atoms with van der Waals surface area (Å²) in [5.74, 6) is 0.941. The molecule has 0 aliphatic heterocycles. The summed E-state index contributed by atoms with van der Waals surface area (Å²) in [7, 11) is 0. The zero-order chi connectivity index (χ0) is 17.3. The monoisotopic (exact) mass is 335 g/mol.